The molecule has 2 aromatic rings. The molecule has 1 N–H and O–H groups in total. The van der Waals surface area contributed by atoms with Crippen LogP contribution >= 0.6 is 23.4 Å². The molecule has 19 heavy (non-hydrogen) atoms. The highest BCUT2D eigenvalue weighted by atomic mass is 35.5. The van der Waals surface area contributed by atoms with Gasteiger partial charge in [0, 0.05) is 15.6 Å². The van der Waals surface area contributed by atoms with E-state index in [2.05, 4.69) is 5.32 Å². The van der Waals surface area contributed by atoms with Gasteiger partial charge in [-0.3, -0.25) is 4.79 Å². The summed E-state index contributed by atoms with van der Waals surface area (Å²) in [7, 11) is 0. The van der Waals surface area contributed by atoms with Crippen molar-refractivity contribution < 1.29 is 4.79 Å². The van der Waals surface area contributed by atoms with Gasteiger partial charge in [-0.25, -0.2) is 0 Å². The Labute approximate surface area is 122 Å². The Morgan fingerprint density at radius 3 is 2.58 bits per heavy atom. The molecule has 0 saturated carbocycles. The summed E-state index contributed by atoms with van der Waals surface area (Å²) in [6.07, 6.45) is 0. The molecule has 0 radical (unpaired) electrons. The van der Waals surface area contributed by atoms with Crippen molar-refractivity contribution >= 4 is 35.0 Å². The maximum absolute atomic E-state index is 12.1. The lowest BCUT2D eigenvalue weighted by Crippen LogP contribution is -2.22. The minimum absolute atomic E-state index is 0.0314. The largest absolute Gasteiger partial charge is 0.325 e. The fourth-order valence-corrected chi connectivity index (χ4v) is 2.65. The van der Waals surface area contributed by atoms with Gasteiger partial charge in [-0.15, -0.1) is 11.8 Å². The Morgan fingerprint density at radius 1 is 1.16 bits per heavy atom. The van der Waals surface area contributed by atoms with Crippen molar-refractivity contribution in [2.45, 2.75) is 17.1 Å². The number of rotatable bonds is 4. The van der Waals surface area contributed by atoms with E-state index in [1.165, 1.54) is 11.8 Å². The van der Waals surface area contributed by atoms with Crippen LogP contribution in [0.3, 0.4) is 0 Å². The third-order valence-electron chi connectivity index (χ3n) is 2.52. The van der Waals surface area contributed by atoms with Crippen LogP contribution in [0.4, 0.5) is 5.69 Å². The maximum atomic E-state index is 12.1. The summed E-state index contributed by atoms with van der Waals surface area (Å²) in [6.45, 7) is 1.89. The summed E-state index contributed by atoms with van der Waals surface area (Å²) >= 11 is 7.41. The zero-order valence-corrected chi connectivity index (χ0v) is 12.0. The molecular weight excluding hydrogens is 278 g/mol. The Balaban J connectivity index is 1.96. The smallest absolute Gasteiger partial charge is 0.237 e. The average Bonchev–Trinajstić information content (AvgIpc) is 2.40. The lowest BCUT2D eigenvalue weighted by atomic mass is 10.3. The van der Waals surface area contributed by atoms with Crippen molar-refractivity contribution in [2.24, 2.45) is 0 Å². The highest BCUT2D eigenvalue weighted by Crippen LogP contribution is 2.24. The zero-order chi connectivity index (χ0) is 13.7. The van der Waals surface area contributed by atoms with Crippen LogP contribution in [0, 0.1) is 0 Å². The van der Waals surface area contributed by atoms with E-state index in [9.17, 15) is 4.79 Å². The lowest BCUT2D eigenvalue weighted by Gasteiger charge is -2.12. The highest BCUT2D eigenvalue weighted by Gasteiger charge is 2.14. The van der Waals surface area contributed by atoms with E-state index < -0.39 is 0 Å². The zero-order valence-electron chi connectivity index (χ0n) is 10.5. The summed E-state index contributed by atoms with van der Waals surface area (Å²) in [5, 5.41) is 3.31. The Kier molecular flexibility index (Phi) is 4.88. The van der Waals surface area contributed by atoms with E-state index in [0.717, 1.165) is 10.6 Å². The molecule has 0 spiro atoms. The van der Waals surface area contributed by atoms with Crippen LogP contribution in [0.5, 0.6) is 0 Å². The standard InChI is InChI=1S/C15H14ClNOS/c1-11(19-14-8-3-2-4-9-14)15(18)17-13-7-5-6-12(16)10-13/h2-11H,1H3,(H,17,18)/t11-/m0/s1. The van der Waals surface area contributed by atoms with Gasteiger partial charge in [-0.1, -0.05) is 35.9 Å². The normalized spacial score (nSPS) is 11.9. The van der Waals surface area contributed by atoms with Gasteiger partial charge in [0.2, 0.25) is 5.91 Å². The minimum atomic E-state index is -0.165. The highest BCUT2D eigenvalue weighted by molar-refractivity contribution is 8.00. The number of thioether (sulfide) groups is 1. The van der Waals surface area contributed by atoms with Crippen molar-refractivity contribution in [1.82, 2.24) is 0 Å². The molecule has 1 amide bonds. The van der Waals surface area contributed by atoms with Gasteiger partial charge in [0.25, 0.3) is 0 Å². The van der Waals surface area contributed by atoms with Crippen molar-refractivity contribution in [3.8, 4) is 0 Å². The first kappa shape index (κ1) is 14.0. The second-order valence-corrected chi connectivity index (χ2v) is 5.92. The molecular formula is C15H14ClNOS. The summed E-state index contributed by atoms with van der Waals surface area (Å²) in [5.41, 5.74) is 0.720. The summed E-state index contributed by atoms with van der Waals surface area (Å²) in [5.74, 6) is -0.0314. The molecule has 2 rings (SSSR count). The molecule has 0 bridgehead atoms. The molecule has 0 aliphatic rings. The topological polar surface area (TPSA) is 29.1 Å². The van der Waals surface area contributed by atoms with E-state index in [1.807, 2.05) is 49.4 Å². The van der Waals surface area contributed by atoms with Crippen molar-refractivity contribution in [3.63, 3.8) is 0 Å². The van der Waals surface area contributed by atoms with Gasteiger partial charge in [-0.2, -0.15) is 0 Å². The molecule has 0 fully saturated rings. The van der Waals surface area contributed by atoms with Crippen molar-refractivity contribution in [3.05, 3.63) is 59.6 Å². The second-order valence-electron chi connectivity index (χ2n) is 4.07. The van der Waals surface area contributed by atoms with Crippen LogP contribution in [0.25, 0.3) is 0 Å². The third kappa shape index (κ3) is 4.30. The van der Waals surface area contributed by atoms with Crippen molar-refractivity contribution in [2.75, 3.05) is 5.32 Å². The van der Waals surface area contributed by atoms with Crippen molar-refractivity contribution in [1.29, 1.82) is 0 Å². The van der Waals surface area contributed by atoms with Gasteiger partial charge in [0.1, 0.15) is 0 Å². The van der Waals surface area contributed by atoms with E-state index >= 15 is 0 Å². The van der Waals surface area contributed by atoms with Crippen LogP contribution in [0.1, 0.15) is 6.92 Å². The first-order valence-corrected chi connectivity index (χ1v) is 7.19. The first-order valence-electron chi connectivity index (χ1n) is 5.93. The molecule has 0 saturated heterocycles. The van der Waals surface area contributed by atoms with E-state index in [1.54, 1.807) is 12.1 Å². The monoisotopic (exact) mass is 291 g/mol. The number of hydrogen-bond donors (Lipinski definition) is 1. The molecule has 4 heteroatoms. The summed E-state index contributed by atoms with van der Waals surface area (Å²) in [4.78, 5) is 13.1. The third-order valence-corrected chi connectivity index (χ3v) is 3.86. The van der Waals surface area contributed by atoms with Crippen LogP contribution in [-0.4, -0.2) is 11.2 Å². The number of amides is 1. The van der Waals surface area contributed by atoms with Crippen LogP contribution in [-0.2, 0) is 4.79 Å². The van der Waals surface area contributed by atoms with Gasteiger partial charge in [0.05, 0.1) is 5.25 Å². The fourth-order valence-electron chi connectivity index (χ4n) is 1.57. The average molecular weight is 292 g/mol. The number of benzene rings is 2. The van der Waals surface area contributed by atoms with E-state index in [0.29, 0.717) is 5.02 Å². The number of carbonyl (C=O) groups is 1. The summed E-state index contributed by atoms with van der Waals surface area (Å²) in [6, 6.07) is 17.0. The van der Waals surface area contributed by atoms with Gasteiger partial charge in [0.15, 0.2) is 0 Å². The van der Waals surface area contributed by atoms with Gasteiger partial charge in [-0.05, 0) is 37.3 Å². The molecule has 2 aromatic carbocycles. The van der Waals surface area contributed by atoms with Crippen LogP contribution < -0.4 is 5.32 Å². The number of nitrogens with one attached hydrogen (secondary N) is 1. The van der Waals surface area contributed by atoms with Gasteiger partial charge < -0.3 is 5.32 Å². The number of hydrogen-bond acceptors (Lipinski definition) is 2. The van der Waals surface area contributed by atoms with Crippen LogP contribution in [0.2, 0.25) is 5.02 Å². The molecule has 0 unspecified atom stereocenters. The molecule has 1 atom stereocenters. The molecule has 2 nitrogen and oxygen atoms in total. The number of anilines is 1. The van der Waals surface area contributed by atoms with Crippen LogP contribution in [0.15, 0.2) is 59.5 Å². The maximum Gasteiger partial charge on any atom is 0.237 e. The van der Waals surface area contributed by atoms with E-state index in [4.69, 9.17) is 11.6 Å². The number of carbonyl (C=O) groups excluding carboxylic acids is 1. The predicted octanol–water partition coefficient (Wildman–Crippen LogP) is 4.46. The molecule has 0 aliphatic carbocycles. The van der Waals surface area contributed by atoms with Gasteiger partial charge >= 0.3 is 0 Å². The minimum Gasteiger partial charge on any atom is -0.325 e. The quantitative estimate of drug-likeness (QED) is 0.843. The van der Waals surface area contributed by atoms with E-state index in [-0.39, 0.29) is 11.2 Å². The predicted molar refractivity (Wildman–Crippen MR) is 81.8 cm³/mol. The Bertz CT molecular complexity index is 559. The molecule has 0 aliphatic heterocycles. The first-order chi connectivity index (χ1) is 9.15. The lowest BCUT2D eigenvalue weighted by molar-refractivity contribution is -0.115. The SMILES string of the molecule is C[C@H](Sc1ccccc1)C(=O)Nc1cccc(Cl)c1. The summed E-state index contributed by atoms with van der Waals surface area (Å²) < 4.78 is 0. The molecule has 0 heterocycles. The fraction of sp³-hybridized carbons (Fsp3) is 0.133. The Morgan fingerprint density at radius 2 is 1.89 bits per heavy atom. The number of halogens is 1. The molecule has 0 aromatic heterocycles. The second kappa shape index (κ2) is 6.64. The molecule has 98 valence electrons. The Hall–Kier alpha value is -1.45.